The highest BCUT2D eigenvalue weighted by atomic mass is 15.0. The van der Waals surface area contributed by atoms with E-state index in [1.54, 1.807) is 0 Å². The zero-order valence-electron chi connectivity index (χ0n) is 28.6. The van der Waals surface area contributed by atoms with E-state index < -0.39 is 0 Å². The zero-order chi connectivity index (χ0) is 32.2. The van der Waals surface area contributed by atoms with Gasteiger partial charge in [-0.05, 0) is 118 Å². The number of fused-ring (bicyclic) bond motifs is 2. The fourth-order valence-electron chi connectivity index (χ4n) is 8.45. The Balaban J connectivity index is 0.000000151. The number of anilines is 2. The number of aryl methyl sites for hydroxylation is 2. The van der Waals surface area contributed by atoms with Crippen molar-refractivity contribution in [1.29, 1.82) is 0 Å². The molecule has 0 saturated heterocycles. The first-order valence-corrected chi connectivity index (χ1v) is 18.6. The summed E-state index contributed by atoms with van der Waals surface area (Å²) in [7, 11) is 0. The smallest absolute Gasteiger partial charge is 0.0692 e. The van der Waals surface area contributed by atoms with E-state index in [0.717, 1.165) is 18.0 Å². The lowest BCUT2D eigenvalue weighted by Crippen LogP contribution is -2.15. The highest BCUT2D eigenvalue weighted by Gasteiger charge is 2.21. The van der Waals surface area contributed by atoms with Crippen molar-refractivity contribution < 1.29 is 0 Å². The Morgan fingerprint density at radius 3 is 1.77 bits per heavy atom. The third-order valence-electron chi connectivity index (χ3n) is 11.0. The minimum atomic E-state index is -0.0190. The fraction of sp³-hybridized carbons (Fsp3) is 0.476. The molecule has 2 aromatic heterocycles. The molecule has 6 N–H and O–H groups in total. The molecule has 3 fully saturated rings. The van der Waals surface area contributed by atoms with Gasteiger partial charge in [0.15, 0.2) is 0 Å². The highest BCUT2D eigenvalue weighted by molar-refractivity contribution is 5.93. The maximum atomic E-state index is 6.49. The molecule has 5 nitrogen and oxygen atoms in total. The predicted molar refractivity (Wildman–Crippen MR) is 201 cm³/mol. The summed E-state index contributed by atoms with van der Waals surface area (Å²) < 4.78 is 0. The van der Waals surface area contributed by atoms with E-state index >= 15 is 0 Å². The second-order valence-electron chi connectivity index (χ2n) is 14.9. The fourth-order valence-corrected chi connectivity index (χ4v) is 8.45. The third-order valence-corrected chi connectivity index (χ3v) is 11.0. The van der Waals surface area contributed by atoms with Crippen LogP contribution in [0.5, 0.6) is 0 Å². The minimum absolute atomic E-state index is 0.0190. The van der Waals surface area contributed by atoms with Crippen molar-refractivity contribution in [2.75, 3.05) is 10.6 Å². The summed E-state index contributed by atoms with van der Waals surface area (Å²) >= 11 is 0. The first-order chi connectivity index (χ1) is 23.0. The minimum Gasteiger partial charge on any atom is -0.381 e. The first kappa shape index (κ1) is 31.9. The van der Waals surface area contributed by atoms with Crippen molar-refractivity contribution in [3.05, 3.63) is 94.8 Å². The molecule has 5 aromatic rings. The average Bonchev–Trinajstić information content (AvgIpc) is 3.90. The molecule has 3 aliphatic rings. The maximum absolute atomic E-state index is 6.49. The number of aromatic nitrogens is 2. The van der Waals surface area contributed by atoms with Crippen LogP contribution >= 0.6 is 0 Å². The number of aromatic amines is 2. The Hall–Kier alpha value is -3.70. The Kier molecular flexibility index (Phi) is 9.90. The van der Waals surface area contributed by atoms with Gasteiger partial charge in [0, 0.05) is 40.3 Å². The molecular formula is C42H55N5. The van der Waals surface area contributed by atoms with Gasteiger partial charge in [0.25, 0.3) is 0 Å². The molecular weight excluding hydrogens is 574 g/mol. The zero-order valence-corrected chi connectivity index (χ0v) is 28.6. The standard InChI is InChI=1S/C22H27N3.C20H28N2/c1-15-11-17-14-20(19(23)13-16-7-3-2-4-8-16)25-22(17)21(12-15)24-18-9-5-6-10-18;1-14-11-16-13-18(15-7-3-2-4-8-15)22-20(16)19(12-14)21-17-9-5-6-10-17/h2-4,7-8,11-12,14,18-19,24-25H,5-6,9-10,13,23H2,1H3;11-13,15,17,21-22H,2-10H2,1H3/t19-;/m1./s1. The van der Waals surface area contributed by atoms with Crippen LogP contribution in [-0.4, -0.2) is 22.1 Å². The van der Waals surface area contributed by atoms with E-state index in [9.17, 15) is 0 Å². The van der Waals surface area contributed by atoms with Gasteiger partial charge in [-0.15, -0.1) is 0 Å². The summed E-state index contributed by atoms with van der Waals surface area (Å²) in [6.45, 7) is 4.38. The molecule has 1 atom stereocenters. The summed E-state index contributed by atoms with van der Waals surface area (Å²) in [6.07, 6.45) is 18.4. The van der Waals surface area contributed by atoms with Crippen molar-refractivity contribution in [2.45, 2.75) is 128 Å². The van der Waals surface area contributed by atoms with Crippen LogP contribution < -0.4 is 16.4 Å². The molecule has 0 amide bonds. The van der Waals surface area contributed by atoms with Gasteiger partial charge >= 0.3 is 0 Å². The lowest BCUT2D eigenvalue weighted by molar-refractivity contribution is 0.438. The topological polar surface area (TPSA) is 81.7 Å². The SMILES string of the molecule is Cc1cc(NC2CCCC2)c2[nH]c(C3CCCCC3)cc2c1.Cc1cc(NC2CCCC2)c2[nH]c([C@H](N)Cc3ccccc3)cc2c1. The molecule has 47 heavy (non-hydrogen) atoms. The van der Waals surface area contributed by atoms with Gasteiger partial charge in [0.05, 0.1) is 22.4 Å². The molecule has 8 rings (SSSR count). The predicted octanol–water partition coefficient (Wildman–Crippen LogP) is 11.0. The van der Waals surface area contributed by atoms with E-state index in [-0.39, 0.29) is 6.04 Å². The van der Waals surface area contributed by atoms with E-state index in [1.807, 2.05) is 6.07 Å². The van der Waals surface area contributed by atoms with Crippen LogP contribution in [0, 0.1) is 13.8 Å². The summed E-state index contributed by atoms with van der Waals surface area (Å²) in [5, 5.41) is 10.2. The number of benzene rings is 3. The van der Waals surface area contributed by atoms with E-state index in [0.29, 0.717) is 12.1 Å². The van der Waals surface area contributed by atoms with Gasteiger partial charge in [-0.2, -0.15) is 0 Å². The van der Waals surface area contributed by atoms with Gasteiger partial charge < -0.3 is 26.3 Å². The third kappa shape index (κ3) is 7.73. The monoisotopic (exact) mass is 629 g/mol. The quantitative estimate of drug-likeness (QED) is 0.118. The van der Waals surface area contributed by atoms with Gasteiger partial charge in [-0.1, -0.05) is 75.3 Å². The molecule has 3 aliphatic carbocycles. The van der Waals surface area contributed by atoms with Crippen molar-refractivity contribution in [3.8, 4) is 0 Å². The molecule has 0 aliphatic heterocycles. The summed E-state index contributed by atoms with van der Waals surface area (Å²) in [5.41, 5.74) is 18.1. The number of rotatable bonds is 8. The lowest BCUT2D eigenvalue weighted by Gasteiger charge is -2.20. The molecule has 0 spiro atoms. The largest absolute Gasteiger partial charge is 0.381 e. The van der Waals surface area contributed by atoms with Crippen LogP contribution in [-0.2, 0) is 6.42 Å². The molecule has 3 saturated carbocycles. The highest BCUT2D eigenvalue weighted by Crippen LogP contribution is 2.37. The van der Waals surface area contributed by atoms with Gasteiger partial charge in [-0.3, -0.25) is 0 Å². The van der Waals surface area contributed by atoms with Crippen LogP contribution in [0.4, 0.5) is 11.4 Å². The Labute approximate surface area is 281 Å². The molecule has 248 valence electrons. The van der Waals surface area contributed by atoms with Crippen molar-refractivity contribution >= 4 is 33.2 Å². The van der Waals surface area contributed by atoms with Crippen LogP contribution in [0.15, 0.2) is 66.7 Å². The van der Waals surface area contributed by atoms with Gasteiger partial charge in [0.1, 0.15) is 0 Å². The number of nitrogens with two attached hydrogens (primary N) is 1. The van der Waals surface area contributed by atoms with E-state index in [4.69, 9.17) is 5.73 Å². The number of hydrogen-bond acceptors (Lipinski definition) is 3. The van der Waals surface area contributed by atoms with Crippen LogP contribution in [0.25, 0.3) is 21.8 Å². The summed E-state index contributed by atoms with van der Waals surface area (Å²) in [4.78, 5) is 7.37. The molecule has 5 heteroatoms. The van der Waals surface area contributed by atoms with Crippen LogP contribution in [0.2, 0.25) is 0 Å². The summed E-state index contributed by atoms with van der Waals surface area (Å²) in [5.74, 6) is 0.751. The first-order valence-electron chi connectivity index (χ1n) is 18.6. The Morgan fingerprint density at radius 2 is 1.17 bits per heavy atom. The van der Waals surface area contributed by atoms with Crippen LogP contribution in [0.1, 0.15) is 124 Å². The Bertz CT molecular complexity index is 1750. The average molecular weight is 630 g/mol. The van der Waals surface area contributed by atoms with E-state index in [2.05, 4.69) is 95.1 Å². The maximum Gasteiger partial charge on any atom is 0.0692 e. The van der Waals surface area contributed by atoms with Crippen molar-refractivity contribution in [3.63, 3.8) is 0 Å². The molecule has 3 aromatic carbocycles. The van der Waals surface area contributed by atoms with Gasteiger partial charge in [-0.25, -0.2) is 0 Å². The molecule has 0 bridgehead atoms. The normalized spacial score (nSPS) is 18.4. The van der Waals surface area contributed by atoms with Gasteiger partial charge in [0.2, 0.25) is 0 Å². The summed E-state index contributed by atoms with van der Waals surface area (Å²) in [6, 6.07) is 25.5. The number of hydrogen-bond donors (Lipinski definition) is 5. The van der Waals surface area contributed by atoms with Crippen LogP contribution in [0.3, 0.4) is 0 Å². The van der Waals surface area contributed by atoms with Crippen molar-refractivity contribution in [1.82, 2.24) is 9.97 Å². The van der Waals surface area contributed by atoms with E-state index in [1.165, 1.54) is 139 Å². The second kappa shape index (κ2) is 14.6. The Morgan fingerprint density at radius 1 is 0.638 bits per heavy atom. The molecule has 2 heterocycles. The molecule has 0 unspecified atom stereocenters. The van der Waals surface area contributed by atoms with Crippen molar-refractivity contribution in [2.24, 2.45) is 5.73 Å². The number of nitrogens with one attached hydrogen (secondary N) is 4. The molecule has 0 radical (unpaired) electrons. The second-order valence-corrected chi connectivity index (χ2v) is 14.9. The number of H-pyrrole nitrogens is 2. The lowest BCUT2D eigenvalue weighted by atomic mass is 9.87.